The first kappa shape index (κ1) is 14.8. The summed E-state index contributed by atoms with van der Waals surface area (Å²) in [6, 6.07) is 5.09. The maximum absolute atomic E-state index is 12.9. The Morgan fingerprint density at radius 1 is 1.40 bits per heavy atom. The second-order valence-electron chi connectivity index (χ2n) is 5.00. The van der Waals surface area contributed by atoms with Crippen LogP contribution in [0.5, 0.6) is 0 Å². The monoisotopic (exact) mass is 286 g/mol. The molecular formula is C14H17F3N2O. The van der Waals surface area contributed by atoms with Crippen molar-refractivity contribution in [3.63, 3.8) is 0 Å². The van der Waals surface area contributed by atoms with E-state index in [0.29, 0.717) is 0 Å². The van der Waals surface area contributed by atoms with E-state index in [4.69, 9.17) is 0 Å². The van der Waals surface area contributed by atoms with Crippen LogP contribution >= 0.6 is 0 Å². The molecule has 3 nitrogen and oxygen atoms in total. The number of hydrogen-bond donors (Lipinski definition) is 1. The summed E-state index contributed by atoms with van der Waals surface area (Å²) >= 11 is 0. The highest BCUT2D eigenvalue weighted by Gasteiger charge is 2.34. The molecule has 1 atom stereocenters. The molecule has 1 saturated heterocycles. The molecule has 1 amide bonds. The summed E-state index contributed by atoms with van der Waals surface area (Å²) in [6.07, 6.45) is -2.74. The predicted octanol–water partition coefficient (Wildman–Crippen LogP) is 2.42. The lowest BCUT2D eigenvalue weighted by Crippen LogP contribution is -2.41. The first-order chi connectivity index (χ1) is 9.39. The van der Waals surface area contributed by atoms with Crippen LogP contribution in [-0.4, -0.2) is 30.4 Å². The summed E-state index contributed by atoms with van der Waals surface area (Å²) in [5.41, 5.74) is -0.562. The van der Waals surface area contributed by atoms with Gasteiger partial charge in [-0.1, -0.05) is 18.2 Å². The van der Waals surface area contributed by atoms with Gasteiger partial charge in [0, 0.05) is 13.6 Å². The minimum absolute atomic E-state index is 0.0350. The third kappa shape index (κ3) is 3.30. The van der Waals surface area contributed by atoms with Gasteiger partial charge in [-0.05, 0) is 31.0 Å². The Bertz CT molecular complexity index is 482. The highest BCUT2D eigenvalue weighted by atomic mass is 19.4. The maximum Gasteiger partial charge on any atom is 0.416 e. The fraction of sp³-hybridized carbons (Fsp3) is 0.500. The zero-order valence-electron chi connectivity index (χ0n) is 11.2. The average Bonchev–Trinajstić information content (AvgIpc) is 2.91. The van der Waals surface area contributed by atoms with Gasteiger partial charge >= 0.3 is 6.18 Å². The number of likely N-dealkylation sites (N-methyl/N-ethyl adjacent to an activating group) is 1. The molecule has 1 aliphatic rings. The number of hydrogen-bond acceptors (Lipinski definition) is 2. The highest BCUT2D eigenvalue weighted by molar-refractivity contribution is 5.82. The number of rotatable bonds is 3. The van der Waals surface area contributed by atoms with Crippen LogP contribution in [0.1, 0.15) is 24.0 Å². The minimum Gasteiger partial charge on any atom is -0.340 e. The van der Waals surface area contributed by atoms with Crippen LogP contribution in [0.25, 0.3) is 0 Å². The number of nitrogens with zero attached hydrogens (tertiary/aromatic N) is 1. The quantitative estimate of drug-likeness (QED) is 0.925. The van der Waals surface area contributed by atoms with Crippen molar-refractivity contribution < 1.29 is 18.0 Å². The van der Waals surface area contributed by atoms with Crippen molar-refractivity contribution in [2.75, 3.05) is 13.6 Å². The van der Waals surface area contributed by atoms with Crippen molar-refractivity contribution in [1.82, 2.24) is 10.2 Å². The lowest BCUT2D eigenvalue weighted by molar-refractivity contribution is -0.139. The molecule has 1 N–H and O–H groups in total. The molecule has 0 spiro atoms. The normalized spacial score (nSPS) is 19.1. The fourth-order valence-electron chi connectivity index (χ4n) is 2.43. The van der Waals surface area contributed by atoms with Crippen molar-refractivity contribution in [3.8, 4) is 0 Å². The van der Waals surface area contributed by atoms with E-state index in [1.165, 1.54) is 24.1 Å². The van der Waals surface area contributed by atoms with Gasteiger partial charge in [-0.3, -0.25) is 4.79 Å². The summed E-state index contributed by atoms with van der Waals surface area (Å²) in [5.74, 6) is -0.153. The molecule has 0 bridgehead atoms. The number of carbonyl (C=O) groups is 1. The van der Waals surface area contributed by atoms with Gasteiger partial charge in [0.1, 0.15) is 0 Å². The third-order valence-corrected chi connectivity index (χ3v) is 3.46. The van der Waals surface area contributed by atoms with Crippen molar-refractivity contribution >= 4 is 5.91 Å². The van der Waals surface area contributed by atoms with Crippen LogP contribution in [0.4, 0.5) is 13.2 Å². The van der Waals surface area contributed by atoms with Gasteiger partial charge in [0.15, 0.2) is 0 Å². The average molecular weight is 286 g/mol. The highest BCUT2D eigenvalue weighted by Crippen LogP contribution is 2.32. The summed E-state index contributed by atoms with van der Waals surface area (Å²) < 4.78 is 38.7. The molecule has 20 heavy (non-hydrogen) atoms. The van der Waals surface area contributed by atoms with E-state index in [-0.39, 0.29) is 24.1 Å². The van der Waals surface area contributed by atoms with Crippen molar-refractivity contribution in [3.05, 3.63) is 35.4 Å². The molecule has 2 rings (SSSR count). The number of carbonyl (C=O) groups excluding carboxylic acids is 1. The van der Waals surface area contributed by atoms with Crippen LogP contribution in [0, 0.1) is 0 Å². The zero-order valence-corrected chi connectivity index (χ0v) is 11.2. The van der Waals surface area contributed by atoms with Gasteiger partial charge < -0.3 is 10.2 Å². The second kappa shape index (κ2) is 5.83. The molecule has 1 fully saturated rings. The smallest absolute Gasteiger partial charge is 0.340 e. The van der Waals surface area contributed by atoms with Crippen LogP contribution < -0.4 is 5.32 Å². The summed E-state index contributed by atoms with van der Waals surface area (Å²) in [7, 11) is 1.54. The fourth-order valence-corrected chi connectivity index (χ4v) is 2.43. The van der Waals surface area contributed by atoms with Crippen molar-refractivity contribution in [1.29, 1.82) is 0 Å². The largest absolute Gasteiger partial charge is 0.416 e. The van der Waals surface area contributed by atoms with Gasteiger partial charge in [0.2, 0.25) is 5.91 Å². The van der Waals surface area contributed by atoms with E-state index >= 15 is 0 Å². The van der Waals surface area contributed by atoms with E-state index in [2.05, 4.69) is 5.32 Å². The maximum atomic E-state index is 12.9. The lowest BCUT2D eigenvalue weighted by atomic mass is 10.1. The Balaban J connectivity index is 2.11. The van der Waals surface area contributed by atoms with Crippen LogP contribution in [0.2, 0.25) is 0 Å². The van der Waals surface area contributed by atoms with Crippen LogP contribution in [-0.2, 0) is 17.5 Å². The van der Waals surface area contributed by atoms with E-state index in [9.17, 15) is 18.0 Å². The molecule has 1 aromatic rings. The predicted molar refractivity (Wildman–Crippen MR) is 68.9 cm³/mol. The Morgan fingerprint density at radius 3 is 2.70 bits per heavy atom. The number of alkyl halides is 3. The second-order valence-corrected chi connectivity index (χ2v) is 5.00. The number of nitrogens with one attached hydrogen (secondary N) is 1. The number of halogens is 3. The van der Waals surface area contributed by atoms with Gasteiger partial charge in [0.25, 0.3) is 0 Å². The van der Waals surface area contributed by atoms with E-state index in [1.54, 1.807) is 6.07 Å². The number of amides is 1. The Hall–Kier alpha value is -1.56. The van der Waals surface area contributed by atoms with Crippen molar-refractivity contribution in [2.24, 2.45) is 0 Å². The molecule has 0 unspecified atom stereocenters. The molecule has 1 aliphatic heterocycles. The number of benzene rings is 1. The van der Waals surface area contributed by atoms with Gasteiger partial charge in [-0.15, -0.1) is 0 Å². The molecule has 0 saturated carbocycles. The molecule has 1 heterocycles. The zero-order chi connectivity index (χ0) is 14.8. The standard InChI is InChI=1S/C14H17F3N2O/c1-19(13(20)12-7-4-8-18-12)9-10-5-2-3-6-11(10)14(15,16)17/h2-3,5-6,12,18H,4,7-9H2,1H3/t12-/m0/s1. The summed E-state index contributed by atoms with van der Waals surface area (Å²) in [5, 5.41) is 3.05. The molecule has 0 aliphatic carbocycles. The first-order valence-corrected chi connectivity index (χ1v) is 6.53. The van der Waals surface area contributed by atoms with E-state index in [0.717, 1.165) is 25.5 Å². The lowest BCUT2D eigenvalue weighted by Gasteiger charge is -2.23. The summed E-state index contributed by atoms with van der Waals surface area (Å²) in [6.45, 7) is 0.746. The Morgan fingerprint density at radius 2 is 2.10 bits per heavy atom. The molecule has 0 aromatic heterocycles. The van der Waals surface area contributed by atoms with Crippen LogP contribution in [0.3, 0.4) is 0 Å². The van der Waals surface area contributed by atoms with E-state index < -0.39 is 11.7 Å². The molecule has 1 aromatic carbocycles. The molecule has 0 radical (unpaired) electrons. The SMILES string of the molecule is CN(Cc1ccccc1C(F)(F)F)C(=O)[C@@H]1CCCN1. The van der Waals surface area contributed by atoms with Gasteiger partial charge in [-0.25, -0.2) is 0 Å². The first-order valence-electron chi connectivity index (χ1n) is 6.53. The Labute approximate surface area is 115 Å². The van der Waals surface area contributed by atoms with Crippen molar-refractivity contribution in [2.45, 2.75) is 31.6 Å². The summed E-state index contributed by atoms with van der Waals surface area (Å²) in [4.78, 5) is 13.4. The topological polar surface area (TPSA) is 32.3 Å². The van der Waals surface area contributed by atoms with E-state index in [1.807, 2.05) is 0 Å². The van der Waals surface area contributed by atoms with Crippen LogP contribution in [0.15, 0.2) is 24.3 Å². The Kier molecular flexibility index (Phi) is 4.32. The minimum atomic E-state index is -4.40. The third-order valence-electron chi connectivity index (χ3n) is 3.46. The molecular weight excluding hydrogens is 269 g/mol. The molecule has 6 heteroatoms. The molecule has 110 valence electrons. The van der Waals surface area contributed by atoms with Gasteiger partial charge in [0.05, 0.1) is 11.6 Å². The van der Waals surface area contributed by atoms with Gasteiger partial charge in [-0.2, -0.15) is 13.2 Å².